The summed E-state index contributed by atoms with van der Waals surface area (Å²) in [5.41, 5.74) is 0.777. The molecule has 7 heteroatoms. The summed E-state index contributed by atoms with van der Waals surface area (Å²) in [5.74, 6) is -0.458. The fourth-order valence-corrected chi connectivity index (χ4v) is 5.48. The normalized spacial score (nSPS) is 24.7. The predicted molar refractivity (Wildman–Crippen MR) is 135 cm³/mol. The van der Waals surface area contributed by atoms with Crippen LogP contribution < -0.4 is 4.74 Å². The number of fused-ring (bicyclic) bond motifs is 2. The zero-order chi connectivity index (χ0) is 26.3. The maximum Gasteiger partial charge on any atom is 0.305 e. The van der Waals surface area contributed by atoms with E-state index >= 15 is 0 Å². The minimum Gasteiger partial charge on any atom is -0.485 e. The Balaban J connectivity index is 1.44. The Morgan fingerprint density at radius 3 is 2.46 bits per heavy atom. The largest absolute Gasteiger partial charge is 0.485 e. The van der Waals surface area contributed by atoms with E-state index in [1.54, 1.807) is 6.08 Å². The molecule has 1 saturated heterocycles. The van der Waals surface area contributed by atoms with Crippen molar-refractivity contribution in [2.45, 2.75) is 43.6 Å². The molecule has 1 aliphatic heterocycles. The number of hydrogen-bond acceptors (Lipinski definition) is 5. The van der Waals surface area contributed by atoms with Crippen molar-refractivity contribution in [3.05, 3.63) is 90.0 Å². The lowest BCUT2D eigenvalue weighted by Gasteiger charge is -2.38. The maximum atomic E-state index is 13.7. The molecular formula is C30H32F2O5. The molecule has 1 aliphatic carbocycles. The van der Waals surface area contributed by atoms with Crippen LogP contribution in [0.3, 0.4) is 0 Å². The SMILES string of the molecule is COC(=O)CCC/C=C\C[C@H]1[C@H](/C=C/C(=O)COc2ccc(F)cc2)[C@@H]2C[C@@]1(c1ccc(F)cc1)CO2. The van der Waals surface area contributed by atoms with Crippen LogP contribution in [0.1, 0.15) is 37.7 Å². The molecule has 0 radical (unpaired) electrons. The number of carbonyl (C=O) groups excluding carboxylic acids is 2. The van der Waals surface area contributed by atoms with Crippen molar-refractivity contribution < 1.29 is 32.6 Å². The average Bonchev–Trinajstić information content (AvgIpc) is 3.47. The fourth-order valence-electron chi connectivity index (χ4n) is 5.48. The number of halogens is 2. The minimum atomic E-state index is -0.367. The van der Waals surface area contributed by atoms with Gasteiger partial charge in [-0.1, -0.05) is 30.4 Å². The molecule has 2 bridgehead atoms. The number of unbranched alkanes of at least 4 members (excludes halogenated alkanes) is 1. The van der Waals surface area contributed by atoms with Crippen LogP contribution in [0.15, 0.2) is 72.8 Å². The van der Waals surface area contributed by atoms with E-state index in [1.165, 1.54) is 43.5 Å². The number of benzene rings is 2. The van der Waals surface area contributed by atoms with Gasteiger partial charge in [0, 0.05) is 17.8 Å². The van der Waals surface area contributed by atoms with Gasteiger partial charge in [-0.3, -0.25) is 9.59 Å². The highest BCUT2D eigenvalue weighted by Gasteiger charge is 2.58. The van der Waals surface area contributed by atoms with E-state index in [2.05, 4.69) is 16.9 Å². The predicted octanol–water partition coefficient (Wildman–Crippen LogP) is 5.73. The highest BCUT2D eigenvalue weighted by molar-refractivity contribution is 5.91. The molecule has 1 saturated carbocycles. The quantitative estimate of drug-likeness (QED) is 0.158. The Labute approximate surface area is 216 Å². The van der Waals surface area contributed by atoms with Gasteiger partial charge in [0.25, 0.3) is 0 Å². The molecule has 0 N–H and O–H groups in total. The van der Waals surface area contributed by atoms with Crippen LogP contribution in [0.4, 0.5) is 8.78 Å². The molecule has 1 heterocycles. The number of allylic oxidation sites excluding steroid dienone is 2. The second-order valence-electron chi connectivity index (χ2n) is 9.64. The van der Waals surface area contributed by atoms with Crippen molar-refractivity contribution in [3.63, 3.8) is 0 Å². The molecule has 2 fully saturated rings. The molecule has 0 amide bonds. The van der Waals surface area contributed by atoms with E-state index in [1.807, 2.05) is 18.2 Å². The van der Waals surface area contributed by atoms with Gasteiger partial charge in [-0.15, -0.1) is 0 Å². The van der Waals surface area contributed by atoms with E-state index in [0.29, 0.717) is 25.2 Å². The molecule has 2 aromatic carbocycles. The van der Waals surface area contributed by atoms with Crippen molar-refractivity contribution >= 4 is 11.8 Å². The Kier molecular flexibility index (Phi) is 8.87. The van der Waals surface area contributed by atoms with Crippen LogP contribution in [0.25, 0.3) is 0 Å². The first-order valence-electron chi connectivity index (χ1n) is 12.6. The third-order valence-corrected chi connectivity index (χ3v) is 7.38. The molecule has 0 spiro atoms. The average molecular weight is 511 g/mol. The topological polar surface area (TPSA) is 61.8 Å². The van der Waals surface area contributed by atoms with Crippen LogP contribution in [0.2, 0.25) is 0 Å². The lowest BCUT2D eigenvalue weighted by atomic mass is 9.69. The minimum absolute atomic E-state index is 0.00768. The second kappa shape index (κ2) is 12.3. The molecule has 2 aromatic rings. The molecular weight excluding hydrogens is 478 g/mol. The molecule has 196 valence electrons. The summed E-state index contributed by atoms with van der Waals surface area (Å²) in [7, 11) is 1.39. The van der Waals surface area contributed by atoms with Crippen LogP contribution in [0, 0.1) is 23.5 Å². The van der Waals surface area contributed by atoms with E-state index in [-0.39, 0.29) is 53.3 Å². The van der Waals surface area contributed by atoms with Gasteiger partial charge in [-0.05, 0) is 79.6 Å². The van der Waals surface area contributed by atoms with Gasteiger partial charge < -0.3 is 14.2 Å². The zero-order valence-electron chi connectivity index (χ0n) is 20.9. The summed E-state index contributed by atoms with van der Waals surface area (Å²) < 4.78 is 43.0. The fraction of sp³-hybridized carbons (Fsp3) is 0.400. The molecule has 37 heavy (non-hydrogen) atoms. The lowest BCUT2D eigenvalue weighted by molar-refractivity contribution is -0.140. The van der Waals surface area contributed by atoms with Crippen LogP contribution in [0.5, 0.6) is 5.75 Å². The summed E-state index contributed by atoms with van der Waals surface area (Å²) in [6, 6.07) is 12.2. The van der Waals surface area contributed by atoms with Crippen molar-refractivity contribution in [3.8, 4) is 5.75 Å². The van der Waals surface area contributed by atoms with Gasteiger partial charge in [-0.2, -0.15) is 0 Å². The Bertz CT molecular complexity index is 1130. The van der Waals surface area contributed by atoms with Gasteiger partial charge in [0.05, 0.1) is 19.8 Å². The van der Waals surface area contributed by atoms with Gasteiger partial charge >= 0.3 is 5.97 Å². The van der Waals surface area contributed by atoms with Gasteiger partial charge in [0.1, 0.15) is 17.4 Å². The Morgan fingerprint density at radius 1 is 1.05 bits per heavy atom. The van der Waals surface area contributed by atoms with Crippen LogP contribution in [-0.4, -0.2) is 38.2 Å². The van der Waals surface area contributed by atoms with Crippen molar-refractivity contribution in [2.75, 3.05) is 20.3 Å². The van der Waals surface area contributed by atoms with Crippen molar-refractivity contribution in [1.82, 2.24) is 0 Å². The van der Waals surface area contributed by atoms with Gasteiger partial charge in [0.2, 0.25) is 0 Å². The molecule has 4 atom stereocenters. The summed E-state index contributed by atoms with van der Waals surface area (Å²) in [4.78, 5) is 23.9. The molecule has 0 aromatic heterocycles. The van der Waals surface area contributed by atoms with Gasteiger partial charge in [0.15, 0.2) is 12.4 Å². The van der Waals surface area contributed by atoms with Crippen molar-refractivity contribution in [1.29, 1.82) is 0 Å². The highest BCUT2D eigenvalue weighted by atomic mass is 19.1. The number of methoxy groups -OCH3 is 1. The standard InChI is InChI=1S/C30H32F2O5/c1-35-29(34)7-5-3-2-4-6-27-26(17-14-24(33)19-36-25-15-12-23(32)13-16-25)28-18-30(27,20-37-28)21-8-10-22(31)11-9-21/h2,4,8-17,26-28H,3,5-7,18-20H2,1H3/b4-2-,17-14+/t26-,27-,28-,30-/m0/s1. The van der Waals surface area contributed by atoms with E-state index in [0.717, 1.165) is 24.8 Å². The van der Waals surface area contributed by atoms with Gasteiger partial charge in [-0.25, -0.2) is 8.78 Å². The molecule has 2 aliphatic rings. The highest BCUT2D eigenvalue weighted by Crippen LogP contribution is 2.57. The first-order valence-corrected chi connectivity index (χ1v) is 12.6. The summed E-state index contributed by atoms with van der Waals surface area (Å²) in [5, 5.41) is 0. The van der Waals surface area contributed by atoms with E-state index < -0.39 is 0 Å². The number of hydrogen-bond donors (Lipinski definition) is 0. The number of carbonyl (C=O) groups is 2. The first-order chi connectivity index (χ1) is 17.9. The number of rotatable bonds is 12. The van der Waals surface area contributed by atoms with Crippen molar-refractivity contribution in [2.24, 2.45) is 11.8 Å². The third kappa shape index (κ3) is 6.52. The Morgan fingerprint density at radius 2 is 1.76 bits per heavy atom. The van der Waals surface area contributed by atoms with Crippen LogP contribution in [-0.2, 0) is 24.5 Å². The summed E-state index contributed by atoms with van der Waals surface area (Å²) in [6.07, 6.45) is 11.1. The first kappa shape index (κ1) is 26.7. The second-order valence-corrected chi connectivity index (χ2v) is 9.64. The maximum absolute atomic E-state index is 13.7. The molecule has 0 unspecified atom stereocenters. The molecule has 4 rings (SSSR count). The third-order valence-electron chi connectivity index (χ3n) is 7.38. The molecule has 5 nitrogen and oxygen atoms in total. The van der Waals surface area contributed by atoms with E-state index in [4.69, 9.17) is 9.47 Å². The van der Waals surface area contributed by atoms with E-state index in [9.17, 15) is 18.4 Å². The number of ether oxygens (including phenoxy) is 3. The lowest BCUT2D eigenvalue weighted by Crippen LogP contribution is -2.39. The monoisotopic (exact) mass is 510 g/mol. The number of esters is 1. The summed E-state index contributed by atoms with van der Waals surface area (Å²) in [6.45, 7) is 0.407. The zero-order valence-corrected chi connectivity index (χ0v) is 20.9. The smallest absolute Gasteiger partial charge is 0.305 e. The summed E-state index contributed by atoms with van der Waals surface area (Å²) >= 11 is 0. The Hall–Kier alpha value is -3.32. The van der Waals surface area contributed by atoms with Crippen LogP contribution >= 0.6 is 0 Å². The number of ketones is 1.